The Morgan fingerprint density at radius 3 is 2.39 bits per heavy atom. The van der Waals surface area contributed by atoms with Gasteiger partial charge in [0, 0.05) is 16.0 Å². The summed E-state index contributed by atoms with van der Waals surface area (Å²) in [6.45, 7) is 2.06. The van der Waals surface area contributed by atoms with Crippen LogP contribution in [-0.2, 0) is 0 Å². The number of aromatic hydroxyl groups is 1. The predicted molar refractivity (Wildman–Crippen MR) is 97.7 cm³/mol. The van der Waals surface area contributed by atoms with Gasteiger partial charge in [0.25, 0.3) is 0 Å². The summed E-state index contributed by atoms with van der Waals surface area (Å²) in [4.78, 5) is 5.56. The minimum Gasteiger partial charge on any atom is -0.507 e. The van der Waals surface area contributed by atoms with Crippen molar-refractivity contribution in [3.8, 4) is 28.1 Å². The van der Waals surface area contributed by atoms with E-state index in [1.807, 2.05) is 24.5 Å². The monoisotopic (exact) mass is 322 g/mol. The van der Waals surface area contributed by atoms with Crippen LogP contribution in [0.3, 0.4) is 0 Å². The molecule has 0 radical (unpaired) electrons. The molecule has 116 valence electrons. The van der Waals surface area contributed by atoms with Gasteiger partial charge in [-0.15, -0.1) is 11.8 Å². The van der Waals surface area contributed by atoms with Crippen molar-refractivity contribution in [3.05, 3.63) is 60.2 Å². The lowest BCUT2D eigenvalue weighted by atomic mass is 10.0. The maximum atomic E-state index is 10.0. The summed E-state index contributed by atoms with van der Waals surface area (Å²) >= 11 is 1.62. The van der Waals surface area contributed by atoms with E-state index in [2.05, 4.69) is 36.2 Å². The quantitative estimate of drug-likeness (QED) is 0.684. The molecule has 1 aromatic heterocycles. The average molecular weight is 322 g/mol. The summed E-state index contributed by atoms with van der Waals surface area (Å²) in [5, 5.41) is 10.0. The fourth-order valence-corrected chi connectivity index (χ4v) is 3.20. The van der Waals surface area contributed by atoms with Gasteiger partial charge in [0.1, 0.15) is 11.6 Å². The number of rotatable bonds is 3. The van der Waals surface area contributed by atoms with E-state index in [4.69, 9.17) is 5.73 Å². The summed E-state index contributed by atoms with van der Waals surface area (Å²) in [6.07, 6.45) is 2.01. The number of nitrogens with two attached hydrogens (primary N) is 1. The van der Waals surface area contributed by atoms with Crippen molar-refractivity contribution >= 4 is 17.6 Å². The van der Waals surface area contributed by atoms with Crippen LogP contribution in [0.4, 0.5) is 5.82 Å². The molecule has 3 rings (SSSR count). The Labute approximate surface area is 140 Å². The van der Waals surface area contributed by atoms with Gasteiger partial charge in [-0.3, -0.25) is 0 Å². The van der Waals surface area contributed by atoms with E-state index < -0.39 is 0 Å². The number of para-hydroxylation sites is 1. The van der Waals surface area contributed by atoms with Crippen LogP contribution in [0, 0.1) is 6.92 Å². The molecular formula is C19H18N2OS. The highest BCUT2D eigenvalue weighted by Crippen LogP contribution is 2.38. The third kappa shape index (κ3) is 3.03. The van der Waals surface area contributed by atoms with Crippen molar-refractivity contribution in [2.45, 2.75) is 11.8 Å². The molecule has 3 N–H and O–H groups in total. The van der Waals surface area contributed by atoms with Gasteiger partial charge in [-0.1, -0.05) is 42.0 Å². The molecule has 0 saturated heterocycles. The van der Waals surface area contributed by atoms with E-state index in [-0.39, 0.29) is 5.75 Å². The number of aromatic nitrogens is 1. The van der Waals surface area contributed by atoms with Crippen LogP contribution < -0.4 is 5.73 Å². The number of hydrogen-bond donors (Lipinski definition) is 2. The van der Waals surface area contributed by atoms with E-state index in [9.17, 15) is 5.11 Å². The van der Waals surface area contributed by atoms with Gasteiger partial charge in [0.05, 0.1) is 5.69 Å². The number of hydrogen-bond acceptors (Lipinski definition) is 4. The van der Waals surface area contributed by atoms with Crippen LogP contribution in [0.2, 0.25) is 0 Å². The summed E-state index contributed by atoms with van der Waals surface area (Å²) in [7, 11) is 0. The fourth-order valence-electron chi connectivity index (χ4n) is 2.54. The largest absolute Gasteiger partial charge is 0.507 e. The molecule has 0 aliphatic heterocycles. The zero-order valence-electron chi connectivity index (χ0n) is 13.1. The van der Waals surface area contributed by atoms with Crippen molar-refractivity contribution in [1.29, 1.82) is 0 Å². The zero-order valence-corrected chi connectivity index (χ0v) is 13.9. The number of anilines is 1. The Morgan fingerprint density at radius 1 is 1.04 bits per heavy atom. The molecule has 3 nitrogen and oxygen atoms in total. The SMILES string of the molecule is CSc1cc(-c2ccccc2O)nc(N)c1-c1ccc(C)cc1. The molecular weight excluding hydrogens is 304 g/mol. The first-order valence-corrected chi connectivity index (χ1v) is 8.52. The van der Waals surface area contributed by atoms with Crippen LogP contribution in [-0.4, -0.2) is 16.3 Å². The lowest BCUT2D eigenvalue weighted by Crippen LogP contribution is -1.99. The number of phenolic OH excluding ortho intramolecular Hbond substituents is 1. The molecule has 0 fully saturated rings. The lowest BCUT2D eigenvalue weighted by Gasteiger charge is -2.14. The number of aryl methyl sites for hydroxylation is 1. The predicted octanol–water partition coefficient (Wildman–Crippen LogP) is 4.73. The van der Waals surface area contributed by atoms with Crippen LogP contribution in [0.1, 0.15) is 5.56 Å². The summed E-state index contributed by atoms with van der Waals surface area (Å²) < 4.78 is 0. The van der Waals surface area contributed by atoms with Crippen LogP contribution in [0.15, 0.2) is 59.5 Å². The second kappa shape index (κ2) is 6.34. The third-order valence-electron chi connectivity index (χ3n) is 3.75. The molecule has 0 unspecified atom stereocenters. The molecule has 0 amide bonds. The third-order valence-corrected chi connectivity index (χ3v) is 4.51. The number of benzene rings is 2. The fraction of sp³-hybridized carbons (Fsp3) is 0.105. The minimum absolute atomic E-state index is 0.203. The van der Waals surface area contributed by atoms with E-state index in [0.29, 0.717) is 17.1 Å². The zero-order chi connectivity index (χ0) is 16.4. The van der Waals surface area contributed by atoms with Crippen molar-refractivity contribution in [2.24, 2.45) is 0 Å². The van der Waals surface area contributed by atoms with Gasteiger partial charge in [-0.2, -0.15) is 0 Å². The van der Waals surface area contributed by atoms with Gasteiger partial charge < -0.3 is 10.8 Å². The topological polar surface area (TPSA) is 59.1 Å². The molecule has 0 saturated carbocycles. The van der Waals surface area contributed by atoms with Crippen molar-refractivity contribution in [3.63, 3.8) is 0 Å². The average Bonchev–Trinajstić information content (AvgIpc) is 2.55. The Balaban J connectivity index is 2.17. The second-order valence-electron chi connectivity index (χ2n) is 5.35. The Morgan fingerprint density at radius 2 is 1.74 bits per heavy atom. The number of nitrogen functional groups attached to an aromatic ring is 1. The molecule has 23 heavy (non-hydrogen) atoms. The Hall–Kier alpha value is -2.46. The summed E-state index contributed by atoms with van der Waals surface area (Å²) in [5.74, 6) is 0.675. The Bertz CT molecular complexity index is 844. The standard InChI is InChI=1S/C19H18N2OS/c1-12-7-9-13(10-8-12)18-17(23-2)11-15(21-19(18)20)14-5-3-4-6-16(14)22/h3-11,22H,1-2H3,(H2,20,21). The van der Waals surface area contributed by atoms with Gasteiger partial charge in [-0.25, -0.2) is 4.98 Å². The van der Waals surface area contributed by atoms with Gasteiger partial charge in [-0.05, 0) is 36.9 Å². The molecule has 0 aliphatic rings. The number of nitrogens with zero attached hydrogens (tertiary/aromatic N) is 1. The first kappa shape index (κ1) is 15.4. The number of thioether (sulfide) groups is 1. The first-order valence-electron chi connectivity index (χ1n) is 7.30. The molecule has 4 heteroatoms. The van der Waals surface area contributed by atoms with Crippen molar-refractivity contribution < 1.29 is 5.11 Å². The highest BCUT2D eigenvalue weighted by molar-refractivity contribution is 7.98. The van der Waals surface area contributed by atoms with E-state index in [1.165, 1.54) is 5.56 Å². The Kier molecular flexibility index (Phi) is 4.26. The van der Waals surface area contributed by atoms with Crippen LogP contribution in [0.5, 0.6) is 5.75 Å². The second-order valence-corrected chi connectivity index (χ2v) is 6.20. The molecule has 0 atom stereocenters. The molecule has 0 bridgehead atoms. The van der Waals surface area contributed by atoms with Crippen molar-refractivity contribution in [2.75, 3.05) is 12.0 Å². The molecule has 3 aromatic rings. The summed E-state index contributed by atoms with van der Waals surface area (Å²) in [5.41, 5.74) is 10.8. The maximum absolute atomic E-state index is 10.0. The van der Waals surface area contributed by atoms with Crippen molar-refractivity contribution in [1.82, 2.24) is 4.98 Å². The van der Waals surface area contributed by atoms with Gasteiger partial charge in [0.15, 0.2) is 0 Å². The molecule has 0 aliphatic carbocycles. The maximum Gasteiger partial charge on any atom is 0.133 e. The molecule has 1 heterocycles. The van der Waals surface area contributed by atoms with Crippen LogP contribution >= 0.6 is 11.8 Å². The van der Waals surface area contributed by atoms with E-state index in [0.717, 1.165) is 16.0 Å². The van der Waals surface area contributed by atoms with Gasteiger partial charge in [0.2, 0.25) is 0 Å². The van der Waals surface area contributed by atoms with Gasteiger partial charge >= 0.3 is 0 Å². The smallest absolute Gasteiger partial charge is 0.133 e. The van der Waals surface area contributed by atoms with Crippen LogP contribution in [0.25, 0.3) is 22.4 Å². The number of phenols is 1. The molecule has 0 spiro atoms. The minimum atomic E-state index is 0.203. The first-order chi connectivity index (χ1) is 11.1. The van der Waals surface area contributed by atoms with E-state index in [1.54, 1.807) is 23.9 Å². The lowest BCUT2D eigenvalue weighted by molar-refractivity contribution is 0.477. The normalized spacial score (nSPS) is 10.7. The highest BCUT2D eigenvalue weighted by atomic mass is 32.2. The molecule has 2 aromatic carbocycles. The highest BCUT2D eigenvalue weighted by Gasteiger charge is 2.14. The summed E-state index contributed by atoms with van der Waals surface area (Å²) in [6, 6.07) is 17.4. The number of pyridine rings is 1. The van der Waals surface area contributed by atoms with E-state index >= 15 is 0 Å².